The van der Waals surface area contributed by atoms with Crippen molar-refractivity contribution in [1.29, 1.82) is 0 Å². The summed E-state index contributed by atoms with van der Waals surface area (Å²) < 4.78 is 27.3. The third-order valence-corrected chi connectivity index (χ3v) is 4.67. The average Bonchev–Trinajstić information content (AvgIpc) is 2.70. The molecule has 0 fully saturated rings. The minimum atomic E-state index is -3.63. The fraction of sp³-hybridized carbons (Fsp3) is 0.200. The molecule has 2 rings (SSSR count). The van der Waals surface area contributed by atoms with Gasteiger partial charge in [0, 0.05) is 0 Å². The van der Waals surface area contributed by atoms with Crippen molar-refractivity contribution in [3.8, 4) is 0 Å². The van der Waals surface area contributed by atoms with Gasteiger partial charge in [0.2, 0.25) is 0 Å². The molecule has 0 bridgehead atoms. The van der Waals surface area contributed by atoms with Gasteiger partial charge in [0.05, 0.1) is 23.8 Å². The maximum atomic E-state index is 12.1. The number of aromatic amines is 1. The van der Waals surface area contributed by atoms with Gasteiger partial charge in [-0.05, 0) is 41.4 Å². The van der Waals surface area contributed by atoms with Gasteiger partial charge in [-0.1, -0.05) is 0 Å². The lowest BCUT2D eigenvalue weighted by molar-refractivity contribution is 0.600. The molecule has 0 atom stereocenters. The van der Waals surface area contributed by atoms with Gasteiger partial charge >= 0.3 is 0 Å². The van der Waals surface area contributed by atoms with Gasteiger partial charge < -0.3 is 0 Å². The Morgan fingerprint density at radius 2 is 2.06 bits per heavy atom. The Bertz CT molecular complexity index is 681. The Balaban J connectivity index is 2.34. The van der Waals surface area contributed by atoms with Crippen molar-refractivity contribution in [3.05, 3.63) is 34.3 Å². The van der Waals surface area contributed by atoms with E-state index in [4.69, 9.17) is 0 Å². The maximum absolute atomic E-state index is 12.1. The summed E-state index contributed by atoms with van der Waals surface area (Å²) in [4.78, 5) is 4.16. The molecule has 18 heavy (non-hydrogen) atoms. The zero-order valence-corrected chi connectivity index (χ0v) is 12.1. The number of halogens is 1. The average molecular weight is 331 g/mol. The van der Waals surface area contributed by atoms with Crippen LogP contribution in [0.1, 0.15) is 11.3 Å². The van der Waals surface area contributed by atoms with Crippen molar-refractivity contribution in [2.75, 3.05) is 4.72 Å². The predicted molar refractivity (Wildman–Crippen MR) is 70.8 cm³/mol. The van der Waals surface area contributed by atoms with Gasteiger partial charge in [-0.15, -0.1) is 0 Å². The van der Waals surface area contributed by atoms with Crippen molar-refractivity contribution in [2.24, 2.45) is 0 Å². The predicted octanol–water partition coefficient (Wildman–Crippen LogP) is 1.98. The van der Waals surface area contributed by atoms with Crippen LogP contribution < -0.4 is 4.72 Å². The summed E-state index contributed by atoms with van der Waals surface area (Å²) in [5.41, 5.74) is 1.75. The van der Waals surface area contributed by atoms with E-state index in [9.17, 15) is 8.42 Å². The molecule has 0 aliphatic carbocycles. The summed E-state index contributed by atoms with van der Waals surface area (Å²) in [5, 5.41) is 6.28. The van der Waals surface area contributed by atoms with Crippen LogP contribution in [0.4, 0.5) is 5.69 Å². The number of anilines is 1. The summed E-state index contributed by atoms with van der Waals surface area (Å²) >= 11 is 3.26. The topological polar surface area (TPSA) is 87.7 Å². The van der Waals surface area contributed by atoms with E-state index in [1.54, 1.807) is 13.0 Å². The lowest BCUT2D eigenvalue weighted by atomic mass is 10.3. The van der Waals surface area contributed by atoms with Crippen LogP contribution in [0.2, 0.25) is 0 Å². The number of hydrogen-bond donors (Lipinski definition) is 2. The van der Waals surface area contributed by atoms with Gasteiger partial charge in [-0.25, -0.2) is 13.4 Å². The Hall–Kier alpha value is -1.41. The molecule has 0 aliphatic heterocycles. The molecule has 0 saturated carbocycles. The Labute approximate surface area is 113 Å². The second kappa shape index (κ2) is 4.69. The number of nitrogens with zero attached hydrogens (tertiary/aromatic N) is 2. The first kappa shape index (κ1) is 13.0. The first-order valence-corrected chi connectivity index (χ1v) is 7.33. The van der Waals surface area contributed by atoms with Crippen LogP contribution in [0.5, 0.6) is 0 Å². The Kier molecular flexibility index (Phi) is 3.40. The number of H-pyrrole nitrogens is 1. The zero-order valence-electron chi connectivity index (χ0n) is 9.73. The van der Waals surface area contributed by atoms with E-state index in [0.717, 1.165) is 5.56 Å². The molecule has 2 N–H and O–H groups in total. The quantitative estimate of drug-likeness (QED) is 0.842. The molecule has 2 aromatic rings. The van der Waals surface area contributed by atoms with Crippen molar-refractivity contribution in [1.82, 2.24) is 15.2 Å². The monoisotopic (exact) mass is 330 g/mol. The van der Waals surface area contributed by atoms with Crippen molar-refractivity contribution >= 4 is 31.6 Å². The molecule has 0 amide bonds. The molecular weight excluding hydrogens is 320 g/mol. The number of aryl methyl sites for hydroxylation is 2. The molecular formula is C10H11BrN4O2S. The molecule has 0 aromatic carbocycles. The maximum Gasteiger partial charge on any atom is 0.265 e. The standard InChI is InChI=1S/C10H11BrN4O2S/c1-6-3-8(4-12-10(6)11)15-18(16,17)9-5-13-14-7(9)2/h3-5,15H,1-2H3,(H,13,14). The van der Waals surface area contributed by atoms with Crippen LogP contribution in [0.3, 0.4) is 0 Å². The molecule has 6 nitrogen and oxygen atoms in total. The molecule has 0 radical (unpaired) electrons. The molecule has 8 heteroatoms. The molecule has 2 aromatic heterocycles. The van der Waals surface area contributed by atoms with Crippen molar-refractivity contribution < 1.29 is 8.42 Å². The molecule has 2 heterocycles. The van der Waals surface area contributed by atoms with Gasteiger partial charge in [0.1, 0.15) is 9.50 Å². The molecule has 96 valence electrons. The second-order valence-corrected chi connectivity index (χ2v) is 6.20. The smallest absolute Gasteiger partial charge is 0.265 e. The van der Waals surface area contributed by atoms with E-state index in [1.807, 2.05) is 6.92 Å². The van der Waals surface area contributed by atoms with Crippen LogP contribution in [0.25, 0.3) is 0 Å². The van der Waals surface area contributed by atoms with E-state index < -0.39 is 10.0 Å². The highest BCUT2D eigenvalue weighted by molar-refractivity contribution is 9.10. The summed E-state index contributed by atoms with van der Waals surface area (Å²) in [6.07, 6.45) is 2.72. The van der Waals surface area contributed by atoms with Crippen LogP contribution in [-0.2, 0) is 10.0 Å². The number of aromatic nitrogens is 3. The lowest BCUT2D eigenvalue weighted by Gasteiger charge is -2.07. The number of rotatable bonds is 3. The van der Waals surface area contributed by atoms with E-state index in [1.165, 1.54) is 12.4 Å². The highest BCUT2D eigenvalue weighted by Crippen LogP contribution is 2.20. The number of pyridine rings is 1. The largest absolute Gasteiger partial charge is 0.281 e. The van der Waals surface area contributed by atoms with Gasteiger partial charge in [-0.3, -0.25) is 9.82 Å². The summed E-state index contributed by atoms with van der Waals surface area (Å²) in [6.45, 7) is 3.48. The van der Waals surface area contributed by atoms with Crippen molar-refractivity contribution in [3.63, 3.8) is 0 Å². The second-order valence-electron chi connectivity index (χ2n) is 3.80. The zero-order chi connectivity index (χ0) is 13.3. The summed E-state index contributed by atoms with van der Waals surface area (Å²) in [6, 6.07) is 1.70. The van der Waals surface area contributed by atoms with E-state index >= 15 is 0 Å². The molecule has 0 aliphatic rings. The van der Waals surface area contributed by atoms with E-state index in [-0.39, 0.29) is 4.90 Å². The minimum absolute atomic E-state index is 0.128. The Morgan fingerprint density at radius 1 is 1.33 bits per heavy atom. The minimum Gasteiger partial charge on any atom is -0.281 e. The van der Waals surface area contributed by atoms with Crippen LogP contribution >= 0.6 is 15.9 Å². The first-order chi connectivity index (χ1) is 8.40. The van der Waals surface area contributed by atoms with Gasteiger partial charge in [-0.2, -0.15) is 5.10 Å². The van der Waals surface area contributed by atoms with Crippen molar-refractivity contribution in [2.45, 2.75) is 18.7 Å². The number of hydrogen-bond acceptors (Lipinski definition) is 4. The molecule has 0 spiro atoms. The SMILES string of the molecule is Cc1cc(NS(=O)(=O)c2cn[nH]c2C)cnc1Br. The van der Waals surface area contributed by atoms with Gasteiger partial charge in [0.25, 0.3) is 10.0 Å². The third-order valence-electron chi connectivity index (χ3n) is 2.34. The first-order valence-electron chi connectivity index (χ1n) is 5.05. The van der Waals surface area contributed by atoms with Crippen LogP contribution in [0.15, 0.2) is 28.0 Å². The van der Waals surface area contributed by atoms with Crippen LogP contribution in [-0.4, -0.2) is 23.6 Å². The number of nitrogens with one attached hydrogen (secondary N) is 2. The molecule has 0 saturated heterocycles. The Morgan fingerprint density at radius 3 is 2.61 bits per heavy atom. The lowest BCUT2D eigenvalue weighted by Crippen LogP contribution is -2.13. The van der Waals surface area contributed by atoms with E-state index in [2.05, 4.69) is 35.8 Å². The highest BCUT2D eigenvalue weighted by Gasteiger charge is 2.18. The normalized spacial score (nSPS) is 11.5. The fourth-order valence-corrected chi connectivity index (χ4v) is 2.82. The number of sulfonamides is 1. The third kappa shape index (κ3) is 2.54. The summed E-state index contributed by atoms with van der Waals surface area (Å²) in [5.74, 6) is 0. The highest BCUT2D eigenvalue weighted by atomic mass is 79.9. The molecule has 0 unspecified atom stereocenters. The fourth-order valence-electron chi connectivity index (χ4n) is 1.43. The summed E-state index contributed by atoms with van der Waals surface area (Å²) in [7, 11) is -3.63. The van der Waals surface area contributed by atoms with E-state index in [0.29, 0.717) is 16.0 Å². The van der Waals surface area contributed by atoms with Gasteiger partial charge in [0.15, 0.2) is 0 Å². The van der Waals surface area contributed by atoms with Crippen LogP contribution in [0, 0.1) is 13.8 Å².